The highest BCUT2D eigenvalue weighted by atomic mass is 19.1. The molecule has 1 aliphatic heterocycles. The molecular weight excluding hydrogens is 506 g/mol. The van der Waals surface area contributed by atoms with Crippen molar-refractivity contribution in [2.75, 3.05) is 37.4 Å². The number of carbonyl (C=O) groups excluding carboxylic acids is 1. The molecule has 12 heteroatoms. The van der Waals surface area contributed by atoms with Crippen molar-refractivity contribution in [3.63, 3.8) is 0 Å². The predicted octanol–water partition coefficient (Wildman–Crippen LogP) is 4.57. The highest BCUT2D eigenvalue weighted by Gasteiger charge is 2.26. The summed E-state index contributed by atoms with van der Waals surface area (Å²) >= 11 is 0. The van der Waals surface area contributed by atoms with Crippen LogP contribution in [0, 0.1) is 11.6 Å². The summed E-state index contributed by atoms with van der Waals surface area (Å²) in [4.78, 5) is 33.0. The summed E-state index contributed by atoms with van der Waals surface area (Å²) < 4.78 is 37.5. The number of fused-ring (bicyclic) bond motifs is 1. The van der Waals surface area contributed by atoms with Crippen LogP contribution in [-0.2, 0) is 0 Å². The van der Waals surface area contributed by atoms with E-state index >= 15 is 4.39 Å². The van der Waals surface area contributed by atoms with Crippen molar-refractivity contribution in [2.24, 2.45) is 0 Å². The Labute approximate surface area is 224 Å². The molecule has 1 fully saturated rings. The molecule has 3 aromatic heterocycles. The number of aromatic nitrogens is 5. The van der Waals surface area contributed by atoms with E-state index in [0.717, 1.165) is 18.9 Å². The molecule has 0 saturated carbocycles. The van der Waals surface area contributed by atoms with E-state index in [1.54, 1.807) is 26.5 Å². The van der Waals surface area contributed by atoms with Crippen molar-refractivity contribution >= 4 is 34.4 Å². The second-order valence-corrected chi connectivity index (χ2v) is 9.93. The van der Waals surface area contributed by atoms with Crippen LogP contribution >= 0.6 is 0 Å². The molecule has 0 bridgehead atoms. The molecule has 0 spiro atoms. The number of benzene rings is 1. The van der Waals surface area contributed by atoms with Gasteiger partial charge in [0.15, 0.2) is 11.6 Å². The maximum atomic E-state index is 15.2. The van der Waals surface area contributed by atoms with Gasteiger partial charge in [-0.2, -0.15) is 0 Å². The summed E-state index contributed by atoms with van der Waals surface area (Å²) in [5.74, 6) is -0.0617. The standard InChI is InChI=1S/C27H30F2N8O2/c1-16(2)39-19-12-30-27(31-13-19)36-9-7-18(8-10-36)37-14-21(29)23-24(32-15-33-25(23)37)34-22-6-5-17(11-20(22)28)26(38)35(3)4/h5-6,11-16,18H,7-10H2,1-4H3,(H,32,33,34). The van der Waals surface area contributed by atoms with Gasteiger partial charge in [0.2, 0.25) is 5.95 Å². The Morgan fingerprint density at radius 2 is 1.79 bits per heavy atom. The van der Waals surface area contributed by atoms with E-state index in [2.05, 4.69) is 30.2 Å². The lowest BCUT2D eigenvalue weighted by Gasteiger charge is -2.32. The number of piperidine rings is 1. The fourth-order valence-corrected chi connectivity index (χ4v) is 4.70. The largest absolute Gasteiger partial charge is 0.488 e. The van der Waals surface area contributed by atoms with Gasteiger partial charge in [-0.05, 0) is 44.9 Å². The summed E-state index contributed by atoms with van der Waals surface area (Å²) in [6.45, 7) is 5.27. The van der Waals surface area contributed by atoms with E-state index < -0.39 is 11.6 Å². The first kappa shape index (κ1) is 26.3. The number of anilines is 3. The van der Waals surface area contributed by atoms with Crippen LogP contribution in [0.4, 0.5) is 26.2 Å². The minimum Gasteiger partial charge on any atom is -0.488 e. The van der Waals surface area contributed by atoms with Crippen molar-refractivity contribution in [3.8, 4) is 5.75 Å². The lowest BCUT2D eigenvalue weighted by molar-refractivity contribution is 0.0827. The third kappa shape index (κ3) is 5.45. The van der Waals surface area contributed by atoms with E-state index in [1.165, 1.54) is 29.6 Å². The quantitative estimate of drug-likeness (QED) is 0.367. The van der Waals surface area contributed by atoms with Crippen LogP contribution in [0.3, 0.4) is 0 Å². The highest BCUT2D eigenvalue weighted by Crippen LogP contribution is 2.33. The third-order valence-electron chi connectivity index (χ3n) is 6.57. The molecule has 1 N–H and O–H groups in total. The molecule has 1 saturated heterocycles. The molecular formula is C27H30F2N8O2. The van der Waals surface area contributed by atoms with Crippen LogP contribution in [0.2, 0.25) is 0 Å². The van der Waals surface area contributed by atoms with Gasteiger partial charge in [0.25, 0.3) is 5.91 Å². The third-order valence-corrected chi connectivity index (χ3v) is 6.57. The monoisotopic (exact) mass is 536 g/mol. The predicted molar refractivity (Wildman–Crippen MR) is 143 cm³/mol. The molecule has 1 aromatic carbocycles. The maximum absolute atomic E-state index is 15.2. The van der Waals surface area contributed by atoms with Crippen LogP contribution in [-0.4, -0.2) is 68.6 Å². The molecule has 10 nitrogen and oxygen atoms in total. The lowest BCUT2D eigenvalue weighted by Crippen LogP contribution is -2.35. The molecule has 0 unspecified atom stereocenters. The molecule has 39 heavy (non-hydrogen) atoms. The fraction of sp³-hybridized carbons (Fsp3) is 0.370. The van der Waals surface area contributed by atoms with Gasteiger partial charge in [0, 0.05) is 45.0 Å². The van der Waals surface area contributed by atoms with Crippen LogP contribution in [0.15, 0.2) is 43.1 Å². The SMILES string of the molecule is CC(C)Oc1cnc(N2CCC(n3cc(F)c4c(Nc5ccc(C(=O)N(C)C)cc5F)ncnc43)CC2)nc1. The average Bonchev–Trinajstić information content (AvgIpc) is 3.26. The highest BCUT2D eigenvalue weighted by molar-refractivity contribution is 5.95. The van der Waals surface area contributed by atoms with Crippen LogP contribution in [0.1, 0.15) is 43.1 Å². The molecule has 204 valence electrons. The Bertz CT molecular complexity index is 1480. The number of carbonyl (C=O) groups is 1. The van der Waals surface area contributed by atoms with Crippen molar-refractivity contribution in [1.82, 2.24) is 29.4 Å². The second kappa shape index (κ2) is 10.8. The molecule has 1 amide bonds. The number of hydrogen-bond acceptors (Lipinski definition) is 8. The Morgan fingerprint density at radius 1 is 1.08 bits per heavy atom. The zero-order chi connectivity index (χ0) is 27.7. The minimum absolute atomic E-state index is 0.00705. The van der Waals surface area contributed by atoms with E-state index in [4.69, 9.17) is 4.74 Å². The molecule has 0 atom stereocenters. The van der Waals surface area contributed by atoms with Crippen molar-refractivity contribution in [3.05, 3.63) is 60.3 Å². The van der Waals surface area contributed by atoms with Gasteiger partial charge in [-0.3, -0.25) is 4.79 Å². The average molecular weight is 537 g/mol. The van der Waals surface area contributed by atoms with Gasteiger partial charge in [-0.1, -0.05) is 0 Å². The van der Waals surface area contributed by atoms with Gasteiger partial charge in [-0.15, -0.1) is 0 Å². The van der Waals surface area contributed by atoms with Gasteiger partial charge >= 0.3 is 0 Å². The van der Waals surface area contributed by atoms with E-state index in [1.807, 2.05) is 18.4 Å². The van der Waals surface area contributed by atoms with E-state index in [0.29, 0.717) is 30.4 Å². The Balaban J connectivity index is 1.32. The summed E-state index contributed by atoms with van der Waals surface area (Å²) in [7, 11) is 3.19. The summed E-state index contributed by atoms with van der Waals surface area (Å²) in [5.41, 5.74) is 0.718. The number of nitrogens with one attached hydrogen (secondary N) is 1. The molecule has 1 aliphatic rings. The van der Waals surface area contributed by atoms with Crippen molar-refractivity contribution in [2.45, 2.75) is 38.8 Å². The molecule has 4 heterocycles. The van der Waals surface area contributed by atoms with E-state index in [-0.39, 0.29) is 40.5 Å². The topological polar surface area (TPSA) is 101 Å². The number of nitrogens with zero attached hydrogens (tertiary/aromatic N) is 7. The van der Waals surface area contributed by atoms with Gasteiger partial charge < -0.3 is 24.4 Å². The summed E-state index contributed by atoms with van der Waals surface area (Å²) in [6, 6.07) is 4.10. The molecule has 0 radical (unpaired) electrons. The summed E-state index contributed by atoms with van der Waals surface area (Å²) in [5, 5.41) is 3.05. The van der Waals surface area contributed by atoms with Gasteiger partial charge in [-0.25, -0.2) is 28.7 Å². The molecule has 4 aromatic rings. The zero-order valence-corrected chi connectivity index (χ0v) is 22.2. The van der Waals surface area contributed by atoms with Crippen LogP contribution < -0.4 is 15.0 Å². The van der Waals surface area contributed by atoms with Crippen LogP contribution in [0.25, 0.3) is 11.0 Å². The molecule has 0 aliphatic carbocycles. The number of ether oxygens (including phenoxy) is 1. The first-order valence-electron chi connectivity index (χ1n) is 12.7. The number of halogens is 2. The Morgan fingerprint density at radius 3 is 2.44 bits per heavy atom. The first-order valence-corrected chi connectivity index (χ1v) is 12.7. The first-order chi connectivity index (χ1) is 18.7. The smallest absolute Gasteiger partial charge is 0.253 e. The Hall–Kier alpha value is -4.35. The van der Waals surface area contributed by atoms with Crippen molar-refractivity contribution in [1.29, 1.82) is 0 Å². The maximum Gasteiger partial charge on any atom is 0.253 e. The Kier molecular flexibility index (Phi) is 7.27. The van der Waals surface area contributed by atoms with E-state index in [9.17, 15) is 9.18 Å². The van der Waals surface area contributed by atoms with Gasteiger partial charge in [0.1, 0.15) is 23.6 Å². The fourth-order valence-electron chi connectivity index (χ4n) is 4.70. The number of rotatable bonds is 7. The number of hydrogen-bond donors (Lipinski definition) is 1. The number of amides is 1. The lowest BCUT2D eigenvalue weighted by atomic mass is 10.1. The second-order valence-electron chi connectivity index (χ2n) is 9.93. The van der Waals surface area contributed by atoms with Crippen molar-refractivity contribution < 1.29 is 18.3 Å². The van der Waals surface area contributed by atoms with Gasteiger partial charge in [0.05, 0.1) is 29.6 Å². The minimum atomic E-state index is -0.646. The van der Waals surface area contributed by atoms with Crippen LogP contribution in [0.5, 0.6) is 5.75 Å². The molecule has 5 rings (SSSR count). The zero-order valence-electron chi connectivity index (χ0n) is 22.2. The summed E-state index contributed by atoms with van der Waals surface area (Å²) in [6.07, 6.45) is 7.61. The normalized spacial score (nSPS) is 14.2.